The van der Waals surface area contributed by atoms with Crippen molar-refractivity contribution in [1.82, 2.24) is 0 Å². The molecule has 0 aliphatic carbocycles. The van der Waals surface area contributed by atoms with Crippen LogP contribution in [-0.2, 0) is 4.74 Å². The Kier molecular flexibility index (Phi) is 4.27. The lowest BCUT2D eigenvalue weighted by Crippen LogP contribution is -2.34. The zero-order valence-electron chi connectivity index (χ0n) is 6.21. The molecule has 0 spiro atoms. The van der Waals surface area contributed by atoms with Crippen molar-refractivity contribution >= 4 is 0 Å². The fourth-order valence-electron chi connectivity index (χ4n) is 0.408. The molecule has 10 heavy (non-hydrogen) atoms. The maximum absolute atomic E-state index is 9.14. The summed E-state index contributed by atoms with van der Waals surface area (Å²) >= 11 is 0. The molecule has 0 fully saturated rings. The third-order valence-electron chi connectivity index (χ3n) is 0.989. The topological polar surface area (TPSA) is 49.7 Å². The summed E-state index contributed by atoms with van der Waals surface area (Å²) in [4.78, 5) is 0. The molecule has 0 saturated carbocycles. The van der Waals surface area contributed by atoms with Crippen molar-refractivity contribution in [3.8, 4) is 0 Å². The Morgan fingerprint density at radius 2 is 2.30 bits per heavy atom. The van der Waals surface area contributed by atoms with Gasteiger partial charge in [0, 0.05) is 0 Å². The van der Waals surface area contributed by atoms with Crippen LogP contribution in [0.1, 0.15) is 6.92 Å². The Hall–Kier alpha value is -0.380. The molecule has 0 bridgehead atoms. The summed E-state index contributed by atoms with van der Waals surface area (Å²) in [5.41, 5.74) is -1.12. The van der Waals surface area contributed by atoms with E-state index in [0.717, 1.165) is 0 Å². The third kappa shape index (κ3) is 4.49. The van der Waals surface area contributed by atoms with Gasteiger partial charge in [-0.1, -0.05) is 6.08 Å². The van der Waals surface area contributed by atoms with Crippen molar-refractivity contribution in [3.63, 3.8) is 0 Å². The number of aliphatic hydroxyl groups is 2. The average Bonchev–Trinajstić information content (AvgIpc) is 1.89. The maximum Gasteiger partial charge on any atom is 0.108 e. The predicted octanol–water partition coefficient (Wildman–Crippen LogP) is -0.0677. The van der Waals surface area contributed by atoms with Gasteiger partial charge in [-0.2, -0.15) is 0 Å². The van der Waals surface area contributed by atoms with Gasteiger partial charge in [0.2, 0.25) is 0 Å². The van der Waals surface area contributed by atoms with E-state index in [2.05, 4.69) is 6.58 Å². The van der Waals surface area contributed by atoms with Crippen LogP contribution in [-0.4, -0.2) is 35.6 Å². The molecule has 0 aromatic heterocycles. The van der Waals surface area contributed by atoms with Crippen molar-refractivity contribution in [2.75, 3.05) is 19.8 Å². The van der Waals surface area contributed by atoms with Crippen LogP contribution in [0.3, 0.4) is 0 Å². The van der Waals surface area contributed by atoms with Gasteiger partial charge in [-0.25, -0.2) is 0 Å². The Balaban J connectivity index is 3.36. The molecule has 0 aliphatic heterocycles. The largest absolute Gasteiger partial charge is 0.393 e. The van der Waals surface area contributed by atoms with Gasteiger partial charge in [-0.15, -0.1) is 6.58 Å². The second kappa shape index (κ2) is 4.44. The summed E-state index contributed by atoms with van der Waals surface area (Å²) in [7, 11) is 0. The molecule has 3 nitrogen and oxygen atoms in total. The van der Waals surface area contributed by atoms with Crippen molar-refractivity contribution in [2.45, 2.75) is 12.5 Å². The number of ether oxygens (including phenoxy) is 1. The Bertz CT molecular complexity index is 99.0. The zero-order chi connectivity index (χ0) is 8.04. The van der Waals surface area contributed by atoms with Gasteiger partial charge in [0.15, 0.2) is 0 Å². The van der Waals surface area contributed by atoms with Gasteiger partial charge in [0.1, 0.15) is 5.60 Å². The smallest absolute Gasteiger partial charge is 0.108 e. The summed E-state index contributed by atoms with van der Waals surface area (Å²) in [6.45, 7) is 5.19. The summed E-state index contributed by atoms with van der Waals surface area (Å²) in [6, 6.07) is 0. The van der Waals surface area contributed by atoms with Crippen LogP contribution in [0.4, 0.5) is 0 Å². The average molecular weight is 146 g/mol. The van der Waals surface area contributed by atoms with E-state index in [1.54, 1.807) is 6.08 Å². The lowest BCUT2D eigenvalue weighted by atomic mass is 10.1. The van der Waals surface area contributed by atoms with Crippen LogP contribution in [0.5, 0.6) is 0 Å². The van der Waals surface area contributed by atoms with Crippen LogP contribution in [0.2, 0.25) is 0 Å². The molecular weight excluding hydrogens is 132 g/mol. The second-order valence-corrected chi connectivity index (χ2v) is 2.46. The molecule has 0 aromatic carbocycles. The van der Waals surface area contributed by atoms with Crippen molar-refractivity contribution < 1.29 is 14.9 Å². The molecule has 0 aromatic rings. The van der Waals surface area contributed by atoms with Crippen LogP contribution in [0.25, 0.3) is 0 Å². The quantitative estimate of drug-likeness (QED) is 0.421. The molecule has 2 N–H and O–H groups in total. The number of hydrogen-bond acceptors (Lipinski definition) is 3. The third-order valence-corrected chi connectivity index (χ3v) is 0.989. The Morgan fingerprint density at radius 1 is 1.70 bits per heavy atom. The molecule has 0 unspecified atom stereocenters. The Labute approximate surface area is 60.9 Å². The molecule has 0 radical (unpaired) electrons. The molecular formula is C7H14O3. The maximum atomic E-state index is 9.14. The van der Waals surface area contributed by atoms with Crippen LogP contribution < -0.4 is 0 Å². The van der Waals surface area contributed by atoms with E-state index in [1.807, 2.05) is 0 Å². The highest BCUT2D eigenvalue weighted by Gasteiger charge is 2.18. The first-order chi connectivity index (χ1) is 4.62. The van der Waals surface area contributed by atoms with Crippen LogP contribution in [0.15, 0.2) is 12.7 Å². The lowest BCUT2D eigenvalue weighted by molar-refractivity contribution is -0.0597. The summed E-state index contributed by atoms with van der Waals surface area (Å²) < 4.78 is 4.91. The van der Waals surface area contributed by atoms with E-state index in [-0.39, 0.29) is 13.2 Å². The van der Waals surface area contributed by atoms with E-state index in [4.69, 9.17) is 14.9 Å². The first-order valence-corrected chi connectivity index (χ1v) is 3.14. The predicted molar refractivity (Wildman–Crippen MR) is 38.7 cm³/mol. The molecule has 0 heterocycles. The van der Waals surface area contributed by atoms with Gasteiger partial charge < -0.3 is 14.9 Å². The fourth-order valence-corrected chi connectivity index (χ4v) is 0.408. The second-order valence-electron chi connectivity index (χ2n) is 2.46. The number of hydrogen-bond donors (Lipinski definition) is 2. The zero-order valence-corrected chi connectivity index (χ0v) is 6.21. The first kappa shape index (κ1) is 9.62. The molecule has 0 aliphatic rings. The van der Waals surface area contributed by atoms with E-state index in [1.165, 1.54) is 6.92 Å². The monoisotopic (exact) mass is 146 g/mol. The van der Waals surface area contributed by atoms with Gasteiger partial charge in [0.25, 0.3) is 0 Å². The van der Waals surface area contributed by atoms with E-state index < -0.39 is 5.60 Å². The molecule has 3 heteroatoms. The van der Waals surface area contributed by atoms with Crippen LogP contribution in [0, 0.1) is 0 Å². The fraction of sp³-hybridized carbons (Fsp3) is 0.714. The summed E-state index contributed by atoms with van der Waals surface area (Å²) in [6.07, 6.45) is 1.59. The van der Waals surface area contributed by atoms with Gasteiger partial charge in [-0.05, 0) is 6.92 Å². The van der Waals surface area contributed by atoms with E-state index in [9.17, 15) is 0 Å². The van der Waals surface area contributed by atoms with E-state index >= 15 is 0 Å². The van der Waals surface area contributed by atoms with E-state index in [0.29, 0.717) is 6.61 Å². The highest BCUT2D eigenvalue weighted by molar-refractivity contribution is 4.71. The highest BCUT2D eigenvalue weighted by Crippen LogP contribution is 2.00. The Morgan fingerprint density at radius 3 is 2.70 bits per heavy atom. The standard InChI is InChI=1S/C7H14O3/c1-3-4-10-6-7(2,9)5-8/h3,8-9H,1,4-6H2,2H3/t7-/m1/s1. The molecule has 0 saturated heterocycles. The molecule has 0 amide bonds. The molecule has 1 atom stereocenters. The minimum atomic E-state index is -1.12. The van der Waals surface area contributed by atoms with Crippen molar-refractivity contribution in [1.29, 1.82) is 0 Å². The minimum Gasteiger partial charge on any atom is -0.393 e. The van der Waals surface area contributed by atoms with Gasteiger partial charge >= 0.3 is 0 Å². The van der Waals surface area contributed by atoms with Crippen molar-refractivity contribution in [3.05, 3.63) is 12.7 Å². The summed E-state index contributed by atoms with van der Waals surface area (Å²) in [5.74, 6) is 0. The molecule has 60 valence electrons. The van der Waals surface area contributed by atoms with Gasteiger partial charge in [0.05, 0.1) is 19.8 Å². The normalized spacial score (nSPS) is 16.3. The SMILES string of the molecule is C=CCOC[C@](C)(O)CO. The highest BCUT2D eigenvalue weighted by atomic mass is 16.5. The number of rotatable bonds is 5. The first-order valence-electron chi connectivity index (χ1n) is 3.14. The minimum absolute atomic E-state index is 0.134. The summed E-state index contributed by atoms with van der Waals surface area (Å²) in [5, 5.41) is 17.7. The number of aliphatic hydroxyl groups excluding tert-OH is 1. The lowest BCUT2D eigenvalue weighted by Gasteiger charge is -2.19. The van der Waals surface area contributed by atoms with Crippen molar-refractivity contribution in [2.24, 2.45) is 0 Å². The molecule has 0 rings (SSSR count). The van der Waals surface area contributed by atoms with Gasteiger partial charge in [-0.3, -0.25) is 0 Å². The van der Waals surface area contributed by atoms with Crippen LogP contribution >= 0.6 is 0 Å².